The largest absolute Gasteiger partial charge is 0.377 e. The van der Waals surface area contributed by atoms with Gasteiger partial charge in [0.15, 0.2) is 5.78 Å². The first-order valence-corrected chi connectivity index (χ1v) is 10.6. The lowest BCUT2D eigenvalue weighted by Gasteiger charge is -2.29. The highest BCUT2D eigenvalue weighted by molar-refractivity contribution is 5.89. The topological polar surface area (TPSA) is 103 Å². The zero-order chi connectivity index (χ0) is 23.5. The lowest BCUT2D eigenvalue weighted by Crippen LogP contribution is -2.45. The minimum absolute atomic E-state index is 0.0211. The van der Waals surface area contributed by atoms with E-state index in [1.807, 2.05) is 13.8 Å². The van der Waals surface area contributed by atoms with Gasteiger partial charge in [-0.05, 0) is 12.8 Å². The average molecular weight is 443 g/mol. The molecule has 9 heteroatoms. The minimum Gasteiger partial charge on any atom is -0.377 e. The summed E-state index contributed by atoms with van der Waals surface area (Å²) >= 11 is 0. The molecule has 0 saturated carbocycles. The predicted octanol–water partition coefficient (Wildman–Crippen LogP) is 0.654. The maximum atomic E-state index is 12.2. The molecular weight excluding hydrogens is 404 g/mol. The summed E-state index contributed by atoms with van der Waals surface area (Å²) in [6.45, 7) is 8.93. The van der Waals surface area contributed by atoms with Crippen LogP contribution in [0.5, 0.6) is 0 Å². The van der Waals surface area contributed by atoms with Gasteiger partial charge in [-0.1, -0.05) is 19.8 Å². The van der Waals surface area contributed by atoms with Gasteiger partial charge in [-0.3, -0.25) is 14.4 Å². The molecule has 0 aromatic carbocycles. The molecule has 0 aliphatic carbocycles. The zero-order valence-electron chi connectivity index (χ0n) is 19.3. The first-order chi connectivity index (χ1) is 14.8. The molecule has 0 rings (SSSR count). The highest BCUT2D eigenvalue weighted by Gasteiger charge is 2.26. The van der Waals surface area contributed by atoms with Gasteiger partial charge in [0.1, 0.15) is 6.61 Å². The van der Waals surface area contributed by atoms with Crippen molar-refractivity contribution < 1.29 is 33.3 Å². The van der Waals surface area contributed by atoms with Crippen molar-refractivity contribution in [3.05, 3.63) is 0 Å². The van der Waals surface area contributed by atoms with Crippen molar-refractivity contribution in [2.24, 2.45) is 5.92 Å². The number of carbonyl (C=O) groups excluding carboxylic acids is 3. The smallest absolute Gasteiger partial charge is 0.223 e. The Bertz CT molecular complexity index is 561. The number of amides is 2. The lowest BCUT2D eigenvalue weighted by atomic mass is 9.99. The molecule has 2 amide bonds. The molecule has 0 aromatic heterocycles. The van der Waals surface area contributed by atoms with E-state index < -0.39 is 6.04 Å². The first kappa shape index (κ1) is 29.0. The monoisotopic (exact) mass is 442 g/mol. The second-order valence-corrected chi connectivity index (χ2v) is 7.25. The van der Waals surface area contributed by atoms with Crippen LogP contribution < -0.4 is 5.32 Å². The summed E-state index contributed by atoms with van der Waals surface area (Å²) in [4.78, 5) is 37.2. The van der Waals surface area contributed by atoms with Crippen LogP contribution in [0.3, 0.4) is 0 Å². The Kier molecular flexibility index (Phi) is 17.5. The molecule has 0 spiro atoms. The third-order valence-electron chi connectivity index (χ3n) is 4.29. The number of hydrogen-bond acceptors (Lipinski definition) is 7. The SMILES string of the molecule is C#CCOCCOCCOCCOCCNC(=O)CCC(=O)N(C)[C@H](C(C)=O)C(C)C. The third-order valence-corrected chi connectivity index (χ3v) is 4.29. The molecule has 0 aromatic rings. The van der Waals surface area contributed by atoms with Crippen LogP contribution in [0.1, 0.15) is 33.6 Å². The van der Waals surface area contributed by atoms with Gasteiger partial charge in [-0.15, -0.1) is 6.42 Å². The van der Waals surface area contributed by atoms with E-state index in [2.05, 4.69) is 11.2 Å². The number of rotatable bonds is 19. The van der Waals surface area contributed by atoms with Crippen LogP contribution in [0, 0.1) is 18.3 Å². The molecule has 0 aliphatic heterocycles. The molecule has 178 valence electrons. The quantitative estimate of drug-likeness (QED) is 0.231. The number of ketones is 1. The lowest BCUT2D eigenvalue weighted by molar-refractivity contribution is -0.139. The number of nitrogens with zero attached hydrogens (tertiary/aromatic N) is 1. The molecule has 0 bridgehead atoms. The molecule has 1 atom stereocenters. The van der Waals surface area contributed by atoms with Crippen molar-refractivity contribution >= 4 is 17.6 Å². The Balaban J connectivity index is 3.63. The molecule has 31 heavy (non-hydrogen) atoms. The third kappa shape index (κ3) is 15.5. The van der Waals surface area contributed by atoms with E-state index in [0.717, 1.165) is 0 Å². The molecule has 0 saturated heterocycles. The fourth-order valence-electron chi connectivity index (χ4n) is 2.88. The number of ether oxygens (including phenoxy) is 4. The van der Waals surface area contributed by atoms with Crippen molar-refractivity contribution in [2.45, 2.75) is 39.7 Å². The van der Waals surface area contributed by atoms with Gasteiger partial charge in [-0.2, -0.15) is 0 Å². The van der Waals surface area contributed by atoms with Crippen LogP contribution in [-0.2, 0) is 33.3 Å². The van der Waals surface area contributed by atoms with E-state index in [9.17, 15) is 14.4 Å². The second kappa shape index (κ2) is 18.8. The zero-order valence-corrected chi connectivity index (χ0v) is 19.3. The summed E-state index contributed by atoms with van der Waals surface area (Å²) in [6.07, 6.45) is 5.18. The standard InChI is InChI=1S/C22H38N2O7/c1-6-10-28-12-14-30-16-17-31-15-13-29-11-9-23-20(26)7-8-21(27)24(5)22(18(2)3)19(4)25/h1,18,22H,7-17H2,2-5H3,(H,23,26)/t22-/m0/s1. The summed E-state index contributed by atoms with van der Waals surface area (Å²) in [5, 5.41) is 2.70. The van der Waals surface area contributed by atoms with Gasteiger partial charge in [0.2, 0.25) is 11.8 Å². The summed E-state index contributed by atoms with van der Waals surface area (Å²) < 4.78 is 21.1. The van der Waals surface area contributed by atoms with E-state index in [1.54, 1.807) is 7.05 Å². The molecule has 0 heterocycles. The first-order valence-electron chi connectivity index (χ1n) is 10.6. The number of nitrogens with one attached hydrogen (secondary N) is 1. The second-order valence-electron chi connectivity index (χ2n) is 7.25. The predicted molar refractivity (Wildman–Crippen MR) is 116 cm³/mol. The van der Waals surface area contributed by atoms with Gasteiger partial charge in [0.05, 0.1) is 52.3 Å². The van der Waals surface area contributed by atoms with Crippen LogP contribution in [0.2, 0.25) is 0 Å². The van der Waals surface area contributed by atoms with Crippen LogP contribution in [0.4, 0.5) is 0 Å². The van der Waals surface area contributed by atoms with E-state index in [-0.39, 0.29) is 43.0 Å². The number of hydrogen-bond donors (Lipinski definition) is 1. The van der Waals surface area contributed by atoms with Gasteiger partial charge >= 0.3 is 0 Å². The van der Waals surface area contributed by atoms with E-state index in [1.165, 1.54) is 11.8 Å². The summed E-state index contributed by atoms with van der Waals surface area (Å²) in [5.74, 6) is 1.89. The molecular formula is C22H38N2O7. The Labute approximate surface area is 186 Å². The highest BCUT2D eigenvalue weighted by atomic mass is 16.6. The Morgan fingerprint density at radius 3 is 1.90 bits per heavy atom. The summed E-state index contributed by atoms with van der Waals surface area (Å²) in [6, 6.07) is -0.467. The Morgan fingerprint density at radius 2 is 1.42 bits per heavy atom. The fourth-order valence-corrected chi connectivity index (χ4v) is 2.88. The number of carbonyl (C=O) groups is 3. The van der Waals surface area contributed by atoms with Gasteiger partial charge in [0.25, 0.3) is 0 Å². The van der Waals surface area contributed by atoms with E-state index >= 15 is 0 Å². The normalized spacial score (nSPS) is 11.7. The van der Waals surface area contributed by atoms with Crippen molar-refractivity contribution in [3.63, 3.8) is 0 Å². The molecule has 9 nitrogen and oxygen atoms in total. The summed E-state index contributed by atoms with van der Waals surface area (Å²) in [5.41, 5.74) is 0. The van der Waals surface area contributed by atoms with Gasteiger partial charge < -0.3 is 29.2 Å². The Hall–Kier alpha value is -1.99. The molecule has 0 aliphatic rings. The molecule has 0 unspecified atom stereocenters. The number of Topliss-reactive ketones (excluding diaryl/α,β-unsaturated/α-hetero) is 1. The molecule has 1 N–H and O–H groups in total. The van der Waals surface area contributed by atoms with Crippen molar-refractivity contribution in [1.29, 1.82) is 0 Å². The van der Waals surface area contributed by atoms with Crippen molar-refractivity contribution in [1.82, 2.24) is 10.2 Å². The van der Waals surface area contributed by atoms with E-state index in [4.69, 9.17) is 25.4 Å². The summed E-state index contributed by atoms with van der Waals surface area (Å²) in [7, 11) is 1.60. The van der Waals surface area contributed by atoms with E-state index in [0.29, 0.717) is 52.8 Å². The molecule has 0 fully saturated rings. The molecule has 0 radical (unpaired) electrons. The minimum atomic E-state index is -0.467. The van der Waals surface area contributed by atoms with Gasteiger partial charge in [0, 0.05) is 26.4 Å². The van der Waals surface area contributed by atoms with Crippen molar-refractivity contribution in [3.8, 4) is 12.3 Å². The highest BCUT2D eigenvalue weighted by Crippen LogP contribution is 2.12. The van der Waals surface area contributed by atoms with Crippen LogP contribution in [0.15, 0.2) is 0 Å². The van der Waals surface area contributed by atoms with Crippen LogP contribution in [0.25, 0.3) is 0 Å². The maximum absolute atomic E-state index is 12.2. The fraction of sp³-hybridized carbons (Fsp3) is 0.773. The van der Waals surface area contributed by atoms with Crippen LogP contribution >= 0.6 is 0 Å². The number of terminal acetylenes is 1. The Morgan fingerprint density at radius 1 is 0.903 bits per heavy atom. The van der Waals surface area contributed by atoms with Crippen molar-refractivity contribution in [2.75, 3.05) is 66.4 Å². The maximum Gasteiger partial charge on any atom is 0.223 e. The van der Waals surface area contributed by atoms with Crippen LogP contribution in [-0.4, -0.2) is 95.0 Å². The average Bonchev–Trinajstić information content (AvgIpc) is 2.71. The van der Waals surface area contributed by atoms with Gasteiger partial charge in [-0.25, -0.2) is 0 Å². The number of likely N-dealkylation sites (N-methyl/N-ethyl adjacent to an activating group) is 1.